The van der Waals surface area contributed by atoms with Gasteiger partial charge in [-0.2, -0.15) is 8.75 Å². The van der Waals surface area contributed by atoms with Gasteiger partial charge in [-0.3, -0.25) is 4.79 Å². The van der Waals surface area contributed by atoms with Crippen LogP contribution in [0.5, 0.6) is 5.75 Å². The van der Waals surface area contributed by atoms with Crippen molar-refractivity contribution in [3.05, 3.63) is 89.3 Å². The highest BCUT2D eigenvalue weighted by atomic mass is 32.1. The number of ether oxygens (including phenoxy) is 1. The number of carbonyl (C=O) groups excluding carboxylic acids is 1. The third-order valence-corrected chi connectivity index (χ3v) is 6.24. The standard InChI is InChI=1S/C27H22N4O4S/c1-15(2)35-19-7-4-17(5-8-19)26(32)20(11-16-3-9-21-23(12-16)29-14-28-21)25(27(33)34)18-6-10-22-24(13-18)31-36-30-22/h3-10,12-15H,11H2,1-2H3,(H,28,29)(H,33,34). The summed E-state index contributed by atoms with van der Waals surface area (Å²) in [6.07, 6.45) is 1.71. The van der Waals surface area contributed by atoms with E-state index in [1.807, 2.05) is 32.0 Å². The summed E-state index contributed by atoms with van der Waals surface area (Å²) in [6, 6.07) is 17.4. The minimum Gasteiger partial charge on any atom is -0.491 e. The Balaban J connectivity index is 1.64. The van der Waals surface area contributed by atoms with E-state index in [0.717, 1.165) is 28.3 Å². The fourth-order valence-electron chi connectivity index (χ4n) is 4.07. The molecule has 0 saturated carbocycles. The summed E-state index contributed by atoms with van der Waals surface area (Å²) in [4.78, 5) is 33.7. The van der Waals surface area contributed by atoms with Crippen molar-refractivity contribution in [2.75, 3.05) is 0 Å². The van der Waals surface area contributed by atoms with Crippen LogP contribution in [-0.2, 0) is 11.2 Å². The van der Waals surface area contributed by atoms with Crippen LogP contribution in [0.15, 0.2) is 72.6 Å². The van der Waals surface area contributed by atoms with E-state index in [4.69, 9.17) is 4.74 Å². The smallest absolute Gasteiger partial charge is 0.336 e. The van der Waals surface area contributed by atoms with Gasteiger partial charge in [-0.15, -0.1) is 0 Å². The Morgan fingerprint density at radius 1 is 0.944 bits per heavy atom. The Kier molecular flexibility index (Phi) is 6.30. The SMILES string of the molecule is CC(C)Oc1ccc(C(=O)C(Cc2ccc3nc[nH]c3c2)=C(C(=O)O)c2ccc3nsnc3c2)cc1. The van der Waals surface area contributed by atoms with E-state index in [-0.39, 0.29) is 29.5 Å². The Hall–Kier alpha value is -4.37. The van der Waals surface area contributed by atoms with Crippen molar-refractivity contribution >= 4 is 51.1 Å². The summed E-state index contributed by atoms with van der Waals surface area (Å²) in [5, 5.41) is 10.3. The van der Waals surface area contributed by atoms with E-state index in [0.29, 0.717) is 27.9 Å². The lowest BCUT2D eigenvalue weighted by molar-refractivity contribution is -0.130. The van der Waals surface area contributed by atoms with Gasteiger partial charge in [-0.1, -0.05) is 12.1 Å². The van der Waals surface area contributed by atoms with Crippen molar-refractivity contribution in [2.24, 2.45) is 0 Å². The molecule has 0 aliphatic carbocycles. The molecule has 5 rings (SSSR count). The zero-order chi connectivity index (χ0) is 25.2. The summed E-state index contributed by atoms with van der Waals surface area (Å²) in [6.45, 7) is 3.84. The van der Waals surface area contributed by atoms with Crippen molar-refractivity contribution in [1.82, 2.24) is 18.7 Å². The second kappa shape index (κ2) is 9.71. The molecule has 3 aromatic carbocycles. The predicted molar refractivity (Wildman–Crippen MR) is 138 cm³/mol. The number of carbonyl (C=O) groups is 2. The van der Waals surface area contributed by atoms with Gasteiger partial charge in [0.15, 0.2) is 5.78 Å². The van der Waals surface area contributed by atoms with Crippen molar-refractivity contribution in [3.8, 4) is 5.75 Å². The lowest BCUT2D eigenvalue weighted by Gasteiger charge is -2.14. The molecule has 36 heavy (non-hydrogen) atoms. The summed E-state index contributed by atoms with van der Waals surface area (Å²) in [5.41, 5.74) is 4.50. The lowest BCUT2D eigenvalue weighted by atomic mass is 9.89. The molecule has 0 fully saturated rings. The number of carboxylic acid groups (broad SMARTS) is 1. The number of fused-ring (bicyclic) bond motifs is 2. The molecule has 2 aromatic heterocycles. The molecule has 0 spiro atoms. The van der Waals surface area contributed by atoms with Crippen LogP contribution in [0.3, 0.4) is 0 Å². The maximum Gasteiger partial charge on any atom is 0.336 e. The third kappa shape index (κ3) is 4.73. The van der Waals surface area contributed by atoms with Crippen LogP contribution in [-0.4, -0.2) is 41.7 Å². The topological polar surface area (TPSA) is 118 Å². The van der Waals surface area contributed by atoms with Crippen molar-refractivity contribution in [2.45, 2.75) is 26.4 Å². The monoisotopic (exact) mass is 498 g/mol. The van der Waals surface area contributed by atoms with Crippen LogP contribution in [0.4, 0.5) is 0 Å². The first-order valence-corrected chi connectivity index (χ1v) is 12.0. The summed E-state index contributed by atoms with van der Waals surface area (Å²) >= 11 is 1.05. The molecule has 8 nitrogen and oxygen atoms in total. The van der Waals surface area contributed by atoms with Crippen LogP contribution < -0.4 is 4.74 Å². The first kappa shape index (κ1) is 23.4. The highest BCUT2D eigenvalue weighted by Gasteiger charge is 2.24. The molecule has 180 valence electrons. The van der Waals surface area contributed by atoms with Crippen LogP contribution >= 0.6 is 11.7 Å². The molecule has 0 atom stereocenters. The first-order valence-electron chi connectivity index (χ1n) is 11.3. The summed E-state index contributed by atoms with van der Waals surface area (Å²) in [5.74, 6) is -0.926. The minimum absolute atomic E-state index is 0.00635. The molecule has 0 aliphatic rings. The average molecular weight is 499 g/mol. The van der Waals surface area contributed by atoms with Crippen LogP contribution in [0.1, 0.15) is 35.3 Å². The second-order valence-corrected chi connectivity index (χ2v) is 9.11. The van der Waals surface area contributed by atoms with Gasteiger partial charge in [-0.25, -0.2) is 9.78 Å². The number of rotatable bonds is 8. The fourth-order valence-corrected chi connectivity index (χ4v) is 4.59. The third-order valence-electron chi connectivity index (χ3n) is 5.69. The van der Waals surface area contributed by atoms with E-state index in [1.54, 1.807) is 48.8 Å². The molecule has 0 unspecified atom stereocenters. The van der Waals surface area contributed by atoms with Gasteiger partial charge in [0.2, 0.25) is 0 Å². The number of allylic oxidation sites excluding steroid dienone is 1. The van der Waals surface area contributed by atoms with Crippen molar-refractivity contribution in [1.29, 1.82) is 0 Å². The van der Waals surface area contributed by atoms with Crippen LogP contribution in [0.2, 0.25) is 0 Å². The molecule has 2 heterocycles. The summed E-state index contributed by atoms with van der Waals surface area (Å²) in [7, 11) is 0. The molecule has 0 amide bonds. The fraction of sp³-hybridized carbons (Fsp3) is 0.148. The Labute approximate surface area is 210 Å². The van der Waals surface area contributed by atoms with Gasteiger partial charge in [0, 0.05) is 17.6 Å². The van der Waals surface area contributed by atoms with Crippen LogP contribution in [0.25, 0.3) is 27.6 Å². The number of aromatic nitrogens is 4. The normalized spacial score (nSPS) is 12.2. The molecule has 0 bridgehead atoms. The van der Waals surface area contributed by atoms with Gasteiger partial charge in [0.05, 0.1) is 40.8 Å². The predicted octanol–water partition coefficient (Wildman–Crippen LogP) is 5.32. The number of H-pyrrole nitrogens is 1. The Bertz CT molecular complexity index is 1620. The van der Waals surface area contributed by atoms with Gasteiger partial charge >= 0.3 is 5.97 Å². The van der Waals surface area contributed by atoms with E-state index in [2.05, 4.69) is 18.7 Å². The number of nitrogens with zero attached hydrogens (tertiary/aromatic N) is 3. The molecule has 2 N–H and O–H groups in total. The largest absolute Gasteiger partial charge is 0.491 e. The highest BCUT2D eigenvalue weighted by Crippen LogP contribution is 2.29. The quantitative estimate of drug-likeness (QED) is 0.220. The number of benzene rings is 3. The number of nitrogens with one attached hydrogen (secondary N) is 1. The van der Waals surface area contributed by atoms with Gasteiger partial charge in [0.1, 0.15) is 16.8 Å². The van der Waals surface area contributed by atoms with Crippen molar-refractivity contribution < 1.29 is 19.4 Å². The lowest BCUT2D eigenvalue weighted by Crippen LogP contribution is -2.14. The van der Waals surface area contributed by atoms with Crippen LogP contribution in [0, 0.1) is 0 Å². The Morgan fingerprint density at radius 3 is 2.42 bits per heavy atom. The minimum atomic E-state index is -1.19. The number of imidazole rings is 1. The highest BCUT2D eigenvalue weighted by molar-refractivity contribution is 7.00. The first-order chi connectivity index (χ1) is 17.4. The number of hydrogen-bond donors (Lipinski definition) is 2. The number of Topliss-reactive ketones (excluding diaryl/α,β-unsaturated/α-hetero) is 1. The molecular formula is C27H22N4O4S. The molecular weight excluding hydrogens is 476 g/mol. The molecule has 5 aromatic rings. The summed E-state index contributed by atoms with van der Waals surface area (Å²) < 4.78 is 14.1. The molecule has 0 radical (unpaired) electrons. The second-order valence-electron chi connectivity index (χ2n) is 8.58. The van der Waals surface area contributed by atoms with E-state index >= 15 is 0 Å². The number of aromatic amines is 1. The molecule has 0 aliphatic heterocycles. The molecule has 9 heteroatoms. The molecule has 0 saturated heterocycles. The van der Waals surface area contributed by atoms with E-state index < -0.39 is 5.97 Å². The number of aliphatic carboxylic acids is 1. The Morgan fingerprint density at radius 2 is 1.67 bits per heavy atom. The maximum absolute atomic E-state index is 13.8. The zero-order valence-electron chi connectivity index (χ0n) is 19.6. The zero-order valence-corrected chi connectivity index (χ0v) is 20.4. The van der Waals surface area contributed by atoms with Gasteiger partial charge < -0.3 is 14.8 Å². The number of ketones is 1. The number of hydrogen-bond acceptors (Lipinski definition) is 7. The van der Waals surface area contributed by atoms with Gasteiger partial charge in [0.25, 0.3) is 0 Å². The maximum atomic E-state index is 13.8. The average Bonchev–Trinajstić information content (AvgIpc) is 3.52. The van der Waals surface area contributed by atoms with Crippen molar-refractivity contribution in [3.63, 3.8) is 0 Å². The van der Waals surface area contributed by atoms with Gasteiger partial charge in [-0.05, 0) is 73.5 Å². The van der Waals surface area contributed by atoms with E-state index in [9.17, 15) is 14.7 Å². The van der Waals surface area contributed by atoms with E-state index in [1.165, 1.54) is 0 Å². The number of carboxylic acids is 1.